The van der Waals surface area contributed by atoms with Gasteiger partial charge in [-0.1, -0.05) is 0 Å². The fraction of sp³-hybridized carbons (Fsp3) is 0.647. The first-order valence-corrected chi connectivity index (χ1v) is 9.14. The number of carbonyl (C=O) groups excluding carboxylic acids is 1. The maximum absolute atomic E-state index is 11.9. The molecule has 2 aliphatic heterocycles. The Morgan fingerprint density at radius 2 is 2.12 bits per heavy atom. The Bertz CT molecular complexity index is 796. The first kappa shape index (κ1) is 15.1. The quantitative estimate of drug-likeness (QED) is 0.872. The van der Waals surface area contributed by atoms with Gasteiger partial charge < -0.3 is 19.9 Å². The molecule has 2 saturated heterocycles. The molecule has 1 aliphatic carbocycles. The van der Waals surface area contributed by atoms with Crippen molar-refractivity contribution in [1.29, 1.82) is 0 Å². The second kappa shape index (κ2) is 5.94. The monoisotopic (exact) mass is 342 g/mol. The Kier molecular flexibility index (Phi) is 3.58. The van der Waals surface area contributed by atoms with Crippen LogP contribution in [0.25, 0.3) is 11.2 Å². The van der Waals surface area contributed by atoms with Gasteiger partial charge in [0.15, 0.2) is 11.5 Å². The molecule has 2 aromatic heterocycles. The van der Waals surface area contributed by atoms with E-state index in [1.54, 1.807) is 6.33 Å². The van der Waals surface area contributed by atoms with Gasteiger partial charge in [-0.05, 0) is 32.1 Å². The zero-order valence-corrected chi connectivity index (χ0v) is 14.0. The van der Waals surface area contributed by atoms with E-state index in [2.05, 4.69) is 30.2 Å². The minimum atomic E-state index is -0.0284. The Hall–Kier alpha value is -2.22. The predicted octanol–water partition coefficient (Wildman–Crippen LogP) is 1.40. The van der Waals surface area contributed by atoms with Crippen LogP contribution in [0.15, 0.2) is 12.7 Å². The molecule has 3 fully saturated rings. The summed E-state index contributed by atoms with van der Waals surface area (Å²) < 4.78 is 7.97. The number of anilines is 1. The fourth-order valence-corrected chi connectivity index (χ4v) is 3.98. The summed E-state index contributed by atoms with van der Waals surface area (Å²) >= 11 is 0. The summed E-state index contributed by atoms with van der Waals surface area (Å²) in [5.74, 6) is 0.845. The van der Waals surface area contributed by atoms with E-state index < -0.39 is 0 Å². The molecule has 3 atom stereocenters. The van der Waals surface area contributed by atoms with E-state index in [4.69, 9.17) is 4.74 Å². The lowest BCUT2D eigenvalue weighted by molar-refractivity contribution is -0.124. The summed E-state index contributed by atoms with van der Waals surface area (Å²) in [4.78, 5) is 25.3. The SMILES string of the molecule is O=C1CCC(Nc2ncnc3c2ncn3C2CC2)C(C2CCCO2)N1. The van der Waals surface area contributed by atoms with Gasteiger partial charge in [0, 0.05) is 19.1 Å². The lowest BCUT2D eigenvalue weighted by Crippen LogP contribution is -2.56. The number of rotatable bonds is 4. The molecule has 0 aromatic carbocycles. The van der Waals surface area contributed by atoms with Gasteiger partial charge in [0.1, 0.15) is 11.8 Å². The van der Waals surface area contributed by atoms with Gasteiger partial charge in [0.2, 0.25) is 5.91 Å². The van der Waals surface area contributed by atoms with Gasteiger partial charge in [0.05, 0.1) is 24.5 Å². The minimum absolute atomic E-state index is 0.0284. The Morgan fingerprint density at radius 3 is 2.92 bits per heavy atom. The molecule has 132 valence electrons. The highest BCUT2D eigenvalue weighted by Gasteiger charge is 2.37. The molecule has 3 unspecified atom stereocenters. The van der Waals surface area contributed by atoms with E-state index in [1.165, 1.54) is 12.8 Å². The molecule has 25 heavy (non-hydrogen) atoms. The average molecular weight is 342 g/mol. The number of imidazole rings is 1. The molecule has 1 saturated carbocycles. The maximum Gasteiger partial charge on any atom is 0.220 e. The molecule has 2 aromatic rings. The van der Waals surface area contributed by atoms with E-state index in [0.29, 0.717) is 12.5 Å². The van der Waals surface area contributed by atoms with Crippen LogP contribution >= 0.6 is 0 Å². The predicted molar refractivity (Wildman–Crippen MR) is 91.1 cm³/mol. The second-order valence-corrected chi connectivity index (χ2v) is 7.21. The van der Waals surface area contributed by atoms with Crippen LogP contribution in [0.5, 0.6) is 0 Å². The van der Waals surface area contributed by atoms with Gasteiger partial charge in [-0.3, -0.25) is 4.79 Å². The third kappa shape index (κ3) is 2.74. The molecular formula is C17H22N6O2. The smallest absolute Gasteiger partial charge is 0.220 e. The van der Waals surface area contributed by atoms with Gasteiger partial charge in [-0.25, -0.2) is 15.0 Å². The topological polar surface area (TPSA) is 94.0 Å². The summed E-state index contributed by atoms with van der Waals surface area (Å²) in [6, 6.07) is 0.589. The van der Waals surface area contributed by atoms with E-state index in [1.807, 2.05) is 6.33 Å². The number of fused-ring (bicyclic) bond motifs is 1. The third-order valence-electron chi connectivity index (χ3n) is 5.43. The van der Waals surface area contributed by atoms with Crippen molar-refractivity contribution in [2.75, 3.05) is 11.9 Å². The minimum Gasteiger partial charge on any atom is -0.376 e. The number of carbonyl (C=O) groups is 1. The second-order valence-electron chi connectivity index (χ2n) is 7.21. The number of piperidine rings is 1. The summed E-state index contributed by atoms with van der Waals surface area (Å²) in [5.41, 5.74) is 1.69. The van der Waals surface area contributed by atoms with Crippen LogP contribution < -0.4 is 10.6 Å². The molecule has 8 heteroatoms. The van der Waals surface area contributed by atoms with Gasteiger partial charge >= 0.3 is 0 Å². The number of amides is 1. The summed E-state index contributed by atoms with van der Waals surface area (Å²) in [6.07, 6.45) is 9.23. The molecule has 4 heterocycles. The van der Waals surface area contributed by atoms with Crippen molar-refractivity contribution in [3.05, 3.63) is 12.7 Å². The van der Waals surface area contributed by atoms with Crippen LogP contribution in [-0.4, -0.2) is 50.2 Å². The highest BCUT2D eigenvalue weighted by Crippen LogP contribution is 2.37. The molecule has 8 nitrogen and oxygen atoms in total. The van der Waals surface area contributed by atoms with Crippen molar-refractivity contribution in [3.8, 4) is 0 Å². The normalized spacial score (nSPS) is 29.8. The Balaban J connectivity index is 1.43. The summed E-state index contributed by atoms with van der Waals surface area (Å²) in [6.45, 7) is 0.771. The van der Waals surface area contributed by atoms with Crippen LogP contribution in [0.1, 0.15) is 44.6 Å². The van der Waals surface area contributed by atoms with Crippen LogP contribution in [0.3, 0.4) is 0 Å². The van der Waals surface area contributed by atoms with E-state index in [9.17, 15) is 4.79 Å². The lowest BCUT2D eigenvalue weighted by Gasteiger charge is -2.36. The number of nitrogens with zero attached hydrogens (tertiary/aromatic N) is 4. The largest absolute Gasteiger partial charge is 0.376 e. The number of aromatic nitrogens is 4. The highest BCUT2D eigenvalue weighted by atomic mass is 16.5. The molecular weight excluding hydrogens is 320 g/mol. The van der Waals surface area contributed by atoms with Gasteiger partial charge in [0.25, 0.3) is 0 Å². The summed E-state index contributed by atoms with van der Waals surface area (Å²) in [7, 11) is 0. The van der Waals surface area contributed by atoms with Gasteiger partial charge in [-0.2, -0.15) is 0 Å². The van der Waals surface area contributed by atoms with Crippen molar-refractivity contribution >= 4 is 22.9 Å². The molecule has 0 radical (unpaired) electrons. The first-order valence-electron chi connectivity index (χ1n) is 9.14. The lowest BCUT2D eigenvalue weighted by atomic mass is 9.92. The van der Waals surface area contributed by atoms with Crippen molar-refractivity contribution in [3.63, 3.8) is 0 Å². The average Bonchev–Trinajstić information content (AvgIpc) is 3.15. The number of hydrogen-bond donors (Lipinski definition) is 2. The number of nitrogens with one attached hydrogen (secondary N) is 2. The number of ether oxygens (including phenoxy) is 1. The molecule has 1 amide bonds. The van der Waals surface area contributed by atoms with E-state index >= 15 is 0 Å². The molecule has 0 spiro atoms. The van der Waals surface area contributed by atoms with Crippen LogP contribution in [-0.2, 0) is 9.53 Å². The molecule has 3 aliphatic rings. The fourth-order valence-electron chi connectivity index (χ4n) is 3.98. The van der Waals surface area contributed by atoms with Gasteiger partial charge in [-0.15, -0.1) is 0 Å². The molecule has 5 rings (SSSR count). The highest BCUT2D eigenvalue weighted by molar-refractivity contribution is 5.83. The van der Waals surface area contributed by atoms with Crippen LogP contribution in [0, 0.1) is 0 Å². The van der Waals surface area contributed by atoms with Crippen molar-refractivity contribution < 1.29 is 9.53 Å². The number of hydrogen-bond acceptors (Lipinski definition) is 6. The van der Waals surface area contributed by atoms with E-state index in [0.717, 1.165) is 42.9 Å². The Morgan fingerprint density at radius 1 is 1.20 bits per heavy atom. The molecule has 0 bridgehead atoms. The van der Waals surface area contributed by atoms with Crippen LogP contribution in [0.4, 0.5) is 5.82 Å². The third-order valence-corrected chi connectivity index (χ3v) is 5.43. The Labute approximate surface area is 145 Å². The van der Waals surface area contributed by atoms with Crippen molar-refractivity contribution in [2.45, 2.75) is 62.8 Å². The summed E-state index contributed by atoms with van der Waals surface area (Å²) in [5, 5.41) is 6.64. The standard InChI is InChI=1S/C17H22N6O2/c24-13-6-5-11(14(22-13)12-2-1-7-25-12)21-16-15-17(19-8-18-16)23(9-20-15)10-3-4-10/h8-12,14H,1-7H2,(H,22,24)(H,18,19,21). The molecule has 2 N–H and O–H groups in total. The van der Waals surface area contributed by atoms with Crippen molar-refractivity contribution in [2.24, 2.45) is 0 Å². The van der Waals surface area contributed by atoms with E-state index in [-0.39, 0.29) is 24.1 Å². The first-order chi connectivity index (χ1) is 12.3. The van der Waals surface area contributed by atoms with Crippen molar-refractivity contribution in [1.82, 2.24) is 24.8 Å². The zero-order chi connectivity index (χ0) is 16.8. The van der Waals surface area contributed by atoms with Crippen LogP contribution in [0.2, 0.25) is 0 Å². The zero-order valence-electron chi connectivity index (χ0n) is 14.0. The maximum atomic E-state index is 11.9.